The van der Waals surface area contributed by atoms with E-state index in [-0.39, 0.29) is 0 Å². The van der Waals surface area contributed by atoms with E-state index in [1.165, 1.54) is 44.9 Å². The highest BCUT2D eigenvalue weighted by Crippen LogP contribution is 2.30. The maximum Gasteiger partial charge on any atom is 0.187 e. The highest BCUT2D eigenvalue weighted by Gasteiger charge is 2.50. The fourth-order valence-corrected chi connectivity index (χ4v) is 5.26. The van der Waals surface area contributed by atoms with Crippen LogP contribution >= 0.6 is 0 Å². The van der Waals surface area contributed by atoms with E-state index in [1.807, 2.05) is 0 Å². The van der Waals surface area contributed by atoms with Gasteiger partial charge < -0.3 is 54.7 Å². The molecule has 0 aromatic carbocycles. The van der Waals surface area contributed by atoms with Gasteiger partial charge in [0, 0.05) is 6.61 Å². The van der Waals surface area contributed by atoms with Crippen molar-refractivity contribution in [2.24, 2.45) is 5.92 Å². The first-order valence-electron chi connectivity index (χ1n) is 13.1. The number of unbranched alkanes of at least 4 members (excludes halogenated alkanes) is 3. The summed E-state index contributed by atoms with van der Waals surface area (Å²) in [4.78, 5) is 0. The van der Waals surface area contributed by atoms with Crippen LogP contribution in [0.4, 0.5) is 0 Å². The molecule has 2 aliphatic heterocycles. The summed E-state index contributed by atoms with van der Waals surface area (Å²) >= 11 is 0. The van der Waals surface area contributed by atoms with E-state index in [0.717, 1.165) is 25.2 Å². The highest BCUT2D eigenvalue weighted by atomic mass is 16.7. The van der Waals surface area contributed by atoms with Gasteiger partial charge in [-0.2, -0.15) is 0 Å². The molecule has 3 aliphatic rings. The Hall–Kier alpha value is -0.440. The van der Waals surface area contributed by atoms with E-state index in [9.17, 15) is 35.7 Å². The van der Waals surface area contributed by atoms with E-state index in [1.54, 1.807) is 0 Å². The second kappa shape index (κ2) is 14.5. The Morgan fingerprint density at radius 1 is 0.629 bits per heavy atom. The maximum absolute atomic E-state index is 10.6. The lowest BCUT2D eigenvalue weighted by atomic mass is 9.85. The summed E-state index contributed by atoms with van der Waals surface area (Å²) in [6, 6.07) is 0. The lowest BCUT2D eigenvalue weighted by Gasteiger charge is -2.45. The third-order valence-corrected chi connectivity index (χ3v) is 7.47. The minimum Gasteiger partial charge on any atom is -0.394 e. The fraction of sp³-hybridized carbons (Fsp3) is 1.00. The number of hydrogen-bond donors (Lipinski definition) is 7. The molecule has 0 bridgehead atoms. The van der Waals surface area contributed by atoms with Crippen molar-refractivity contribution in [3.8, 4) is 0 Å². The Morgan fingerprint density at radius 2 is 1.26 bits per heavy atom. The largest absolute Gasteiger partial charge is 0.394 e. The van der Waals surface area contributed by atoms with Crippen molar-refractivity contribution >= 4 is 0 Å². The second-order valence-corrected chi connectivity index (χ2v) is 10.1. The smallest absolute Gasteiger partial charge is 0.187 e. The molecule has 10 atom stereocenters. The number of aliphatic hydroxyl groups excluding tert-OH is 7. The lowest BCUT2D eigenvalue weighted by Crippen LogP contribution is -2.64. The van der Waals surface area contributed by atoms with Crippen molar-refractivity contribution in [3.05, 3.63) is 0 Å². The first kappa shape index (κ1) is 29.1. The molecule has 206 valence electrons. The molecule has 0 unspecified atom stereocenters. The number of rotatable bonds is 12. The summed E-state index contributed by atoms with van der Waals surface area (Å²) < 4.78 is 22.1. The molecule has 0 aromatic rings. The lowest BCUT2D eigenvalue weighted by molar-refractivity contribution is -0.359. The molecule has 0 aromatic heterocycles. The normalized spacial score (nSPS) is 41.2. The van der Waals surface area contributed by atoms with Crippen molar-refractivity contribution < 1.29 is 54.7 Å². The van der Waals surface area contributed by atoms with E-state index in [2.05, 4.69) is 0 Å². The summed E-state index contributed by atoms with van der Waals surface area (Å²) in [5.41, 5.74) is 0. The van der Waals surface area contributed by atoms with Crippen LogP contribution < -0.4 is 0 Å². The van der Waals surface area contributed by atoms with Gasteiger partial charge in [0.05, 0.1) is 13.2 Å². The number of aliphatic hydroxyl groups is 7. The SMILES string of the molecule is OC[C@H]1O[C@@H](O[C@H]2[C@H](O)[C@@H](O)[C@@H](OCCCCCCC3CCCCC3)O[C@@H]2CO)[C@H](O)[C@@H](O)[C@@H]1O. The molecular formula is C24H44O11. The molecule has 0 radical (unpaired) electrons. The predicted octanol–water partition coefficient (Wildman–Crippen LogP) is -0.842. The van der Waals surface area contributed by atoms with Crippen molar-refractivity contribution in [2.75, 3.05) is 19.8 Å². The summed E-state index contributed by atoms with van der Waals surface area (Å²) in [7, 11) is 0. The first-order chi connectivity index (χ1) is 16.9. The molecular weight excluding hydrogens is 464 g/mol. The summed E-state index contributed by atoms with van der Waals surface area (Å²) in [6.45, 7) is -0.891. The fourth-order valence-electron chi connectivity index (χ4n) is 5.26. The predicted molar refractivity (Wildman–Crippen MR) is 122 cm³/mol. The monoisotopic (exact) mass is 508 g/mol. The maximum atomic E-state index is 10.6. The van der Waals surface area contributed by atoms with Gasteiger partial charge in [-0.05, 0) is 12.3 Å². The molecule has 11 heteroatoms. The van der Waals surface area contributed by atoms with Crippen LogP contribution in [0.3, 0.4) is 0 Å². The van der Waals surface area contributed by atoms with E-state index in [0.29, 0.717) is 6.61 Å². The van der Waals surface area contributed by atoms with Gasteiger partial charge in [0.15, 0.2) is 12.6 Å². The second-order valence-electron chi connectivity index (χ2n) is 10.1. The minimum atomic E-state index is -1.69. The van der Waals surface area contributed by atoms with Crippen LogP contribution in [-0.4, -0.2) is 117 Å². The zero-order valence-corrected chi connectivity index (χ0v) is 20.3. The molecule has 2 heterocycles. The van der Waals surface area contributed by atoms with Crippen LogP contribution in [-0.2, 0) is 18.9 Å². The molecule has 1 aliphatic carbocycles. The van der Waals surface area contributed by atoms with Gasteiger partial charge in [-0.3, -0.25) is 0 Å². The highest BCUT2D eigenvalue weighted by molar-refractivity contribution is 4.94. The molecule has 0 amide bonds. The van der Waals surface area contributed by atoms with Crippen molar-refractivity contribution in [2.45, 2.75) is 126 Å². The van der Waals surface area contributed by atoms with Crippen molar-refractivity contribution in [1.82, 2.24) is 0 Å². The molecule has 7 N–H and O–H groups in total. The number of hydrogen-bond acceptors (Lipinski definition) is 11. The summed E-state index contributed by atoms with van der Waals surface area (Å²) in [5.74, 6) is 0.876. The minimum absolute atomic E-state index is 0.328. The van der Waals surface area contributed by atoms with Crippen LogP contribution in [0.15, 0.2) is 0 Å². The van der Waals surface area contributed by atoms with Crippen LogP contribution in [0, 0.1) is 5.92 Å². The molecule has 3 rings (SSSR count). The molecule has 11 nitrogen and oxygen atoms in total. The van der Waals surface area contributed by atoms with E-state index >= 15 is 0 Å². The Bertz CT molecular complexity index is 586. The van der Waals surface area contributed by atoms with Gasteiger partial charge in [0.2, 0.25) is 0 Å². The van der Waals surface area contributed by atoms with Crippen LogP contribution in [0.1, 0.15) is 64.2 Å². The average molecular weight is 509 g/mol. The Kier molecular flexibility index (Phi) is 12.1. The zero-order chi connectivity index (χ0) is 25.4. The van der Waals surface area contributed by atoms with Gasteiger partial charge >= 0.3 is 0 Å². The van der Waals surface area contributed by atoms with E-state index in [4.69, 9.17) is 18.9 Å². The first-order valence-corrected chi connectivity index (χ1v) is 13.1. The van der Waals surface area contributed by atoms with Crippen LogP contribution in [0.25, 0.3) is 0 Å². The van der Waals surface area contributed by atoms with E-state index < -0.39 is 74.6 Å². The van der Waals surface area contributed by atoms with Crippen LogP contribution in [0.5, 0.6) is 0 Å². The molecule has 0 spiro atoms. The standard InChI is InChI=1S/C24H44O11/c25-12-15-17(27)18(28)20(30)24(33-15)35-22-16(13-26)34-23(21(31)19(22)29)32-11-7-2-1-4-8-14-9-5-3-6-10-14/h14-31H,1-13H2/t15-,16-,17-,18+,19-,20-,21-,22-,23+,24+/m1/s1. The third kappa shape index (κ3) is 7.78. The average Bonchev–Trinajstić information content (AvgIpc) is 2.87. The number of ether oxygens (including phenoxy) is 4. The molecule has 3 fully saturated rings. The third-order valence-electron chi connectivity index (χ3n) is 7.47. The zero-order valence-electron chi connectivity index (χ0n) is 20.3. The summed E-state index contributed by atoms with van der Waals surface area (Å²) in [5, 5.41) is 70.2. The van der Waals surface area contributed by atoms with Crippen molar-refractivity contribution in [1.29, 1.82) is 0 Å². The van der Waals surface area contributed by atoms with Crippen LogP contribution in [0.2, 0.25) is 0 Å². The quantitative estimate of drug-likeness (QED) is 0.163. The van der Waals surface area contributed by atoms with Gasteiger partial charge in [-0.15, -0.1) is 0 Å². The Labute approximate surface area is 206 Å². The molecule has 35 heavy (non-hydrogen) atoms. The summed E-state index contributed by atoms with van der Waals surface area (Å²) in [6.07, 6.45) is -2.12. The Morgan fingerprint density at radius 3 is 1.94 bits per heavy atom. The molecule has 2 saturated heterocycles. The van der Waals surface area contributed by atoms with Gasteiger partial charge in [-0.25, -0.2) is 0 Å². The van der Waals surface area contributed by atoms with Crippen molar-refractivity contribution in [3.63, 3.8) is 0 Å². The Balaban J connectivity index is 1.41. The van der Waals surface area contributed by atoms with Gasteiger partial charge in [0.25, 0.3) is 0 Å². The molecule has 1 saturated carbocycles. The van der Waals surface area contributed by atoms with Gasteiger partial charge in [-0.1, -0.05) is 57.8 Å². The topological polar surface area (TPSA) is 179 Å². The van der Waals surface area contributed by atoms with Gasteiger partial charge in [0.1, 0.15) is 48.8 Å².